The average molecular weight is 330 g/mol. The number of fused-ring (bicyclic) bond motifs is 1. The molecule has 120 valence electrons. The van der Waals surface area contributed by atoms with Crippen LogP contribution < -0.4 is 9.46 Å². The Bertz CT molecular complexity index is 975. The second kappa shape index (κ2) is 5.62. The van der Waals surface area contributed by atoms with Gasteiger partial charge in [-0.3, -0.25) is 4.72 Å². The van der Waals surface area contributed by atoms with Crippen molar-refractivity contribution >= 4 is 26.6 Å². The van der Waals surface area contributed by atoms with E-state index in [-0.39, 0.29) is 4.90 Å². The average Bonchev–Trinajstić information content (AvgIpc) is 2.98. The van der Waals surface area contributed by atoms with E-state index in [1.54, 1.807) is 38.4 Å². The number of benzene rings is 2. The van der Waals surface area contributed by atoms with E-state index in [4.69, 9.17) is 4.74 Å². The van der Waals surface area contributed by atoms with Gasteiger partial charge in [-0.1, -0.05) is 6.07 Å². The Balaban J connectivity index is 2.06. The lowest BCUT2D eigenvalue weighted by atomic mass is 10.1. The maximum absolute atomic E-state index is 12.8. The lowest BCUT2D eigenvalue weighted by Gasteiger charge is -2.14. The van der Waals surface area contributed by atoms with Crippen LogP contribution in [0, 0.1) is 13.8 Å². The molecule has 3 rings (SSSR count). The number of sulfonamides is 1. The first kappa shape index (κ1) is 15.4. The van der Waals surface area contributed by atoms with Gasteiger partial charge in [-0.2, -0.15) is 0 Å². The lowest BCUT2D eigenvalue weighted by molar-refractivity contribution is 0.411. The summed E-state index contributed by atoms with van der Waals surface area (Å²) in [6, 6.07) is 10.7. The van der Waals surface area contributed by atoms with Crippen LogP contribution in [0.4, 0.5) is 5.69 Å². The molecule has 0 amide bonds. The number of aryl methyl sites for hydroxylation is 2. The summed E-state index contributed by atoms with van der Waals surface area (Å²) in [6.45, 7) is 3.58. The van der Waals surface area contributed by atoms with Crippen molar-refractivity contribution in [3.63, 3.8) is 0 Å². The number of H-pyrrole nitrogens is 1. The molecule has 0 fully saturated rings. The molecule has 0 unspecified atom stereocenters. The first-order valence-corrected chi connectivity index (χ1v) is 8.65. The van der Waals surface area contributed by atoms with Crippen LogP contribution in [-0.4, -0.2) is 20.5 Å². The SMILES string of the molecule is COc1cc(C)c(S(=O)(=O)Nc2cccc3[nH]ccc23)cc1C. The van der Waals surface area contributed by atoms with E-state index in [1.807, 2.05) is 25.1 Å². The Hall–Kier alpha value is -2.47. The summed E-state index contributed by atoms with van der Waals surface area (Å²) in [4.78, 5) is 3.32. The van der Waals surface area contributed by atoms with Crippen LogP contribution in [0.3, 0.4) is 0 Å². The van der Waals surface area contributed by atoms with Crippen LogP contribution in [0.1, 0.15) is 11.1 Å². The van der Waals surface area contributed by atoms with Crippen LogP contribution in [0.15, 0.2) is 47.5 Å². The Kier molecular flexibility index (Phi) is 3.77. The quantitative estimate of drug-likeness (QED) is 0.768. The van der Waals surface area contributed by atoms with Gasteiger partial charge in [0.25, 0.3) is 10.0 Å². The zero-order valence-electron chi connectivity index (χ0n) is 13.2. The summed E-state index contributed by atoms with van der Waals surface area (Å²) in [5.41, 5.74) is 2.85. The molecule has 23 heavy (non-hydrogen) atoms. The van der Waals surface area contributed by atoms with Gasteiger partial charge in [-0.05, 0) is 55.3 Å². The number of aromatic amines is 1. The van der Waals surface area contributed by atoms with Gasteiger partial charge in [0.15, 0.2) is 0 Å². The Labute approximate surface area is 135 Å². The first-order chi connectivity index (χ1) is 10.9. The highest BCUT2D eigenvalue weighted by Crippen LogP contribution is 2.29. The minimum atomic E-state index is -3.68. The maximum Gasteiger partial charge on any atom is 0.262 e. The van der Waals surface area contributed by atoms with Crippen molar-refractivity contribution in [3.05, 3.63) is 53.7 Å². The van der Waals surface area contributed by atoms with Crippen LogP contribution in [0.25, 0.3) is 10.9 Å². The number of aromatic nitrogens is 1. The highest BCUT2D eigenvalue weighted by molar-refractivity contribution is 7.92. The number of hydrogen-bond donors (Lipinski definition) is 2. The molecule has 2 aromatic carbocycles. The zero-order chi connectivity index (χ0) is 16.6. The van der Waals surface area contributed by atoms with Crippen LogP contribution in [0.2, 0.25) is 0 Å². The summed E-state index contributed by atoms with van der Waals surface area (Å²) < 4.78 is 33.5. The Morgan fingerprint density at radius 3 is 2.61 bits per heavy atom. The molecular formula is C17H18N2O3S. The van der Waals surface area contributed by atoms with Gasteiger partial charge in [0, 0.05) is 17.1 Å². The third-order valence-electron chi connectivity index (χ3n) is 3.82. The van der Waals surface area contributed by atoms with Crippen molar-refractivity contribution in [3.8, 4) is 5.75 Å². The van der Waals surface area contributed by atoms with Crippen molar-refractivity contribution in [1.82, 2.24) is 4.98 Å². The molecule has 2 N–H and O–H groups in total. The summed E-state index contributed by atoms with van der Waals surface area (Å²) in [6.07, 6.45) is 1.78. The van der Waals surface area contributed by atoms with E-state index in [2.05, 4.69) is 9.71 Å². The number of nitrogens with one attached hydrogen (secondary N) is 2. The molecule has 0 saturated heterocycles. The Morgan fingerprint density at radius 1 is 1.09 bits per heavy atom. The van der Waals surface area contributed by atoms with Gasteiger partial charge < -0.3 is 9.72 Å². The number of ether oxygens (including phenoxy) is 1. The van der Waals surface area contributed by atoms with Gasteiger partial charge in [-0.15, -0.1) is 0 Å². The normalized spacial score (nSPS) is 11.6. The predicted molar refractivity (Wildman–Crippen MR) is 91.6 cm³/mol. The molecule has 1 heterocycles. The van der Waals surface area contributed by atoms with Crippen molar-refractivity contribution < 1.29 is 13.2 Å². The van der Waals surface area contributed by atoms with E-state index >= 15 is 0 Å². The van der Waals surface area contributed by atoms with Gasteiger partial charge in [0.2, 0.25) is 0 Å². The molecule has 6 heteroatoms. The molecule has 5 nitrogen and oxygen atoms in total. The van der Waals surface area contributed by atoms with E-state index in [9.17, 15) is 8.42 Å². The molecule has 0 saturated carbocycles. The minimum absolute atomic E-state index is 0.253. The van der Waals surface area contributed by atoms with Crippen molar-refractivity contribution in [2.45, 2.75) is 18.7 Å². The summed E-state index contributed by atoms with van der Waals surface area (Å²) in [5.74, 6) is 0.675. The fraction of sp³-hybridized carbons (Fsp3) is 0.176. The number of anilines is 1. The van der Waals surface area contributed by atoms with Crippen LogP contribution >= 0.6 is 0 Å². The monoisotopic (exact) mass is 330 g/mol. The minimum Gasteiger partial charge on any atom is -0.496 e. The molecule has 1 aromatic heterocycles. The molecule has 0 aliphatic rings. The molecule has 0 aliphatic carbocycles. The standard InChI is InChI=1S/C17H18N2O3S/c1-11-10-17(12(2)9-16(11)22-3)23(20,21)19-15-6-4-5-14-13(15)7-8-18-14/h4-10,18-19H,1-3H3. The molecule has 0 bridgehead atoms. The summed E-state index contributed by atoms with van der Waals surface area (Å²) in [5, 5.41) is 0.832. The second-order valence-electron chi connectivity index (χ2n) is 5.44. The summed E-state index contributed by atoms with van der Waals surface area (Å²) >= 11 is 0. The highest BCUT2D eigenvalue weighted by Gasteiger charge is 2.20. The smallest absolute Gasteiger partial charge is 0.262 e. The Morgan fingerprint density at radius 2 is 1.87 bits per heavy atom. The number of methoxy groups -OCH3 is 1. The molecule has 3 aromatic rings. The van der Waals surface area contributed by atoms with E-state index < -0.39 is 10.0 Å². The van der Waals surface area contributed by atoms with Crippen molar-refractivity contribution in [2.75, 3.05) is 11.8 Å². The van der Waals surface area contributed by atoms with Crippen molar-refractivity contribution in [2.24, 2.45) is 0 Å². The highest BCUT2D eigenvalue weighted by atomic mass is 32.2. The van der Waals surface area contributed by atoms with Gasteiger partial charge in [-0.25, -0.2) is 8.42 Å². The zero-order valence-corrected chi connectivity index (χ0v) is 14.0. The topological polar surface area (TPSA) is 71.2 Å². The van der Waals surface area contributed by atoms with E-state index in [1.165, 1.54) is 0 Å². The van der Waals surface area contributed by atoms with Gasteiger partial charge in [0.05, 0.1) is 17.7 Å². The van der Waals surface area contributed by atoms with Crippen molar-refractivity contribution in [1.29, 1.82) is 0 Å². The molecule has 0 spiro atoms. The largest absolute Gasteiger partial charge is 0.496 e. The van der Waals surface area contributed by atoms with E-state index in [0.717, 1.165) is 16.5 Å². The fourth-order valence-corrected chi connectivity index (χ4v) is 4.04. The van der Waals surface area contributed by atoms with E-state index in [0.29, 0.717) is 17.0 Å². The molecule has 0 atom stereocenters. The maximum atomic E-state index is 12.8. The lowest BCUT2D eigenvalue weighted by Crippen LogP contribution is -2.15. The molecular weight excluding hydrogens is 312 g/mol. The van der Waals surface area contributed by atoms with Gasteiger partial charge in [0.1, 0.15) is 5.75 Å². The number of hydrogen-bond acceptors (Lipinski definition) is 3. The first-order valence-electron chi connectivity index (χ1n) is 7.16. The van der Waals surface area contributed by atoms with Crippen LogP contribution in [0.5, 0.6) is 5.75 Å². The summed E-state index contributed by atoms with van der Waals surface area (Å²) in [7, 11) is -2.11. The predicted octanol–water partition coefficient (Wildman–Crippen LogP) is 3.59. The fourth-order valence-electron chi connectivity index (χ4n) is 2.65. The second-order valence-corrected chi connectivity index (χ2v) is 7.09. The number of rotatable bonds is 4. The molecule has 0 aliphatic heterocycles. The van der Waals surface area contributed by atoms with Gasteiger partial charge >= 0.3 is 0 Å². The molecule has 0 radical (unpaired) electrons. The third-order valence-corrected chi connectivity index (χ3v) is 5.33. The van der Waals surface area contributed by atoms with Crippen LogP contribution in [-0.2, 0) is 10.0 Å². The third kappa shape index (κ3) is 2.77.